The van der Waals surface area contributed by atoms with Gasteiger partial charge in [-0.25, -0.2) is 0 Å². The fraction of sp³-hybridized carbons (Fsp3) is 0.462. The number of hydrogen-bond donors (Lipinski definition) is 2. The van der Waals surface area contributed by atoms with E-state index in [0.29, 0.717) is 13.1 Å². The molecule has 0 aliphatic rings. The van der Waals surface area contributed by atoms with Crippen LogP contribution in [0.3, 0.4) is 0 Å². The van der Waals surface area contributed by atoms with Gasteiger partial charge < -0.3 is 15.8 Å². The summed E-state index contributed by atoms with van der Waals surface area (Å²) in [5, 5.41) is 2.76. The summed E-state index contributed by atoms with van der Waals surface area (Å²) in [7, 11) is 0. The summed E-state index contributed by atoms with van der Waals surface area (Å²) in [6.07, 6.45) is 0.921. The van der Waals surface area contributed by atoms with Crippen molar-refractivity contribution in [2.45, 2.75) is 26.8 Å². The number of para-hydroxylation sites is 1. The van der Waals surface area contributed by atoms with Gasteiger partial charge in [0.1, 0.15) is 5.75 Å². The van der Waals surface area contributed by atoms with Crippen molar-refractivity contribution in [2.75, 3.05) is 13.2 Å². The highest BCUT2D eigenvalue weighted by molar-refractivity contribution is 5.77. The zero-order valence-corrected chi connectivity index (χ0v) is 10.5. The number of benzene rings is 1. The molecular weight excluding hydrogens is 216 g/mol. The highest BCUT2D eigenvalue weighted by Gasteiger charge is 2.08. The highest BCUT2D eigenvalue weighted by atomic mass is 16.5. The van der Waals surface area contributed by atoms with E-state index < -0.39 is 0 Å². The maximum absolute atomic E-state index is 11.4. The van der Waals surface area contributed by atoms with Gasteiger partial charge in [-0.3, -0.25) is 4.79 Å². The van der Waals surface area contributed by atoms with Crippen molar-refractivity contribution in [1.29, 1.82) is 0 Å². The number of nitrogens with one attached hydrogen (secondary N) is 1. The van der Waals surface area contributed by atoms with E-state index in [-0.39, 0.29) is 12.5 Å². The van der Waals surface area contributed by atoms with E-state index in [1.807, 2.05) is 32.0 Å². The van der Waals surface area contributed by atoms with Crippen LogP contribution in [-0.2, 0) is 11.3 Å². The average Bonchev–Trinajstić information content (AvgIpc) is 2.34. The van der Waals surface area contributed by atoms with Crippen molar-refractivity contribution in [1.82, 2.24) is 5.32 Å². The molecule has 4 nitrogen and oxygen atoms in total. The van der Waals surface area contributed by atoms with Gasteiger partial charge in [-0.1, -0.05) is 25.1 Å². The van der Waals surface area contributed by atoms with E-state index >= 15 is 0 Å². The quantitative estimate of drug-likeness (QED) is 0.783. The standard InChI is InChI=1S/C13H20N2O2/c1-3-7-15-12(16)9-17-13-10(2)5-4-6-11(13)8-14/h4-6H,3,7-9,14H2,1-2H3,(H,15,16). The maximum Gasteiger partial charge on any atom is 0.257 e. The number of nitrogens with two attached hydrogens (primary N) is 1. The first-order valence-electron chi connectivity index (χ1n) is 5.87. The number of carbonyl (C=O) groups is 1. The Morgan fingerprint density at radius 1 is 1.47 bits per heavy atom. The Labute approximate surface area is 102 Å². The van der Waals surface area contributed by atoms with E-state index in [1.54, 1.807) is 0 Å². The minimum Gasteiger partial charge on any atom is -0.483 e. The van der Waals surface area contributed by atoms with Crippen LogP contribution in [0.15, 0.2) is 18.2 Å². The number of aryl methyl sites for hydroxylation is 1. The van der Waals surface area contributed by atoms with Gasteiger partial charge in [0, 0.05) is 18.7 Å². The average molecular weight is 236 g/mol. The molecule has 0 aliphatic heterocycles. The van der Waals surface area contributed by atoms with Crippen molar-refractivity contribution >= 4 is 5.91 Å². The van der Waals surface area contributed by atoms with E-state index in [4.69, 9.17) is 10.5 Å². The molecule has 0 saturated carbocycles. The maximum atomic E-state index is 11.4. The molecule has 17 heavy (non-hydrogen) atoms. The molecule has 1 amide bonds. The molecule has 1 aromatic rings. The fourth-order valence-electron chi connectivity index (χ4n) is 1.53. The number of ether oxygens (including phenoxy) is 1. The second-order valence-electron chi connectivity index (χ2n) is 3.91. The second kappa shape index (κ2) is 6.91. The molecule has 0 radical (unpaired) electrons. The number of amides is 1. The van der Waals surface area contributed by atoms with Crippen LogP contribution >= 0.6 is 0 Å². The van der Waals surface area contributed by atoms with Gasteiger partial charge in [0.2, 0.25) is 0 Å². The van der Waals surface area contributed by atoms with E-state index in [9.17, 15) is 4.79 Å². The van der Waals surface area contributed by atoms with Crippen molar-refractivity contribution < 1.29 is 9.53 Å². The summed E-state index contributed by atoms with van der Waals surface area (Å²) >= 11 is 0. The molecule has 1 rings (SSSR count). The third-order valence-corrected chi connectivity index (χ3v) is 2.43. The van der Waals surface area contributed by atoms with E-state index in [1.165, 1.54) is 0 Å². The molecule has 0 unspecified atom stereocenters. The van der Waals surface area contributed by atoms with Gasteiger partial charge in [0.05, 0.1) is 0 Å². The summed E-state index contributed by atoms with van der Waals surface area (Å²) in [4.78, 5) is 11.4. The SMILES string of the molecule is CCCNC(=O)COc1c(C)cccc1CN. The normalized spacial score (nSPS) is 10.1. The Morgan fingerprint density at radius 2 is 2.24 bits per heavy atom. The van der Waals surface area contributed by atoms with Gasteiger partial charge in [0.15, 0.2) is 6.61 Å². The Morgan fingerprint density at radius 3 is 2.88 bits per heavy atom. The molecule has 4 heteroatoms. The predicted molar refractivity (Wildman–Crippen MR) is 67.9 cm³/mol. The highest BCUT2D eigenvalue weighted by Crippen LogP contribution is 2.22. The molecule has 3 N–H and O–H groups in total. The first-order chi connectivity index (χ1) is 8.19. The summed E-state index contributed by atoms with van der Waals surface area (Å²) < 4.78 is 5.53. The van der Waals surface area contributed by atoms with Crippen LogP contribution in [0.1, 0.15) is 24.5 Å². The third-order valence-electron chi connectivity index (χ3n) is 2.43. The summed E-state index contributed by atoms with van der Waals surface area (Å²) in [6, 6.07) is 5.78. The zero-order valence-electron chi connectivity index (χ0n) is 10.5. The number of carbonyl (C=O) groups excluding carboxylic acids is 1. The molecule has 94 valence electrons. The molecule has 0 aliphatic carbocycles. The summed E-state index contributed by atoms with van der Waals surface area (Å²) in [5.74, 6) is 0.625. The van der Waals surface area contributed by atoms with Crippen LogP contribution in [0.2, 0.25) is 0 Å². The first-order valence-corrected chi connectivity index (χ1v) is 5.87. The number of hydrogen-bond acceptors (Lipinski definition) is 3. The van der Waals surface area contributed by atoms with Gasteiger partial charge in [-0.05, 0) is 18.9 Å². The van der Waals surface area contributed by atoms with Gasteiger partial charge >= 0.3 is 0 Å². The van der Waals surface area contributed by atoms with E-state index in [0.717, 1.165) is 23.3 Å². The van der Waals surface area contributed by atoms with Crippen molar-refractivity contribution in [3.05, 3.63) is 29.3 Å². The predicted octanol–water partition coefficient (Wildman–Crippen LogP) is 1.36. The lowest BCUT2D eigenvalue weighted by molar-refractivity contribution is -0.123. The van der Waals surface area contributed by atoms with Crippen molar-refractivity contribution in [3.63, 3.8) is 0 Å². The lowest BCUT2D eigenvalue weighted by Gasteiger charge is -2.12. The van der Waals surface area contributed by atoms with Crippen molar-refractivity contribution in [2.24, 2.45) is 5.73 Å². The van der Waals surface area contributed by atoms with Gasteiger partial charge in [0.25, 0.3) is 5.91 Å². The molecule has 1 aromatic carbocycles. The fourth-order valence-corrected chi connectivity index (χ4v) is 1.53. The Balaban J connectivity index is 2.59. The lowest BCUT2D eigenvalue weighted by atomic mass is 10.1. The summed E-state index contributed by atoms with van der Waals surface area (Å²) in [6.45, 7) is 5.08. The van der Waals surface area contributed by atoms with Gasteiger partial charge in [-0.2, -0.15) is 0 Å². The third kappa shape index (κ3) is 4.07. The first kappa shape index (κ1) is 13.5. The minimum atomic E-state index is -0.0990. The lowest BCUT2D eigenvalue weighted by Crippen LogP contribution is -2.29. The van der Waals surface area contributed by atoms with Crippen LogP contribution < -0.4 is 15.8 Å². The molecule has 0 spiro atoms. The van der Waals surface area contributed by atoms with Crippen LogP contribution in [-0.4, -0.2) is 19.1 Å². The Bertz CT molecular complexity index is 378. The van der Waals surface area contributed by atoms with Crippen molar-refractivity contribution in [3.8, 4) is 5.75 Å². The largest absolute Gasteiger partial charge is 0.483 e. The Hall–Kier alpha value is -1.55. The van der Waals surface area contributed by atoms with Crippen LogP contribution in [0, 0.1) is 6.92 Å². The molecule has 0 bridgehead atoms. The van der Waals surface area contributed by atoms with Crippen LogP contribution in [0.5, 0.6) is 5.75 Å². The Kier molecular flexibility index (Phi) is 5.49. The smallest absolute Gasteiger partial charge is 0.257 e. The zero-order chi connectivity index (χ0) is 12.7. The molecule has 0 aromatic heterocycles. The number of rotatable bonds is 6. The molecule has 0 atom stereocenters. The van der Waals surface area contributed by atoms with E-state index in [2.05, 4.69) is 5.32 Å². The van der Waals surface area contributed by atoms with Crippen LogP contribution in [0.25, 0.3) is 0 Å². The molecule has 0 fully saturated rings. The topological polar surface area (TPSA) is 64.3 Å². The second-order valence-corrected chi connectivity index (χ2v) is 3.91. The molecular formula is C13H20N2O2. The molecule has 0 saturated heterocycles. The van der Waals surface area contributed by atoms with Crippen LogP contribution in [0.4, 0.5) is 0 Å². The monoisotopic (exact) mass is 236 g/mol. The minimum absolute atomic E-state index is 0.0395. The molecule has 0 heterocycles. The van der Waals surface area contributed by atoms with Gasteiger partial charge in [-0.15, -0.1) is 0 Å². The summed E-state index contributed by atoms with van der Waals surface area (Å²) in [5.41, 5.74) is 7.55.